The summed E-state index contributed by atoms with van der Waals surface area (Å²) in [6.45, 7) is 1.22. The smallest absolute Gasteiger partial charge is 0.171 e. The second-order valence-corrected chi connectivity index (χ2v) is 6.65. The number of nitrogens with one attached hydrogen (secondary N) is 2. The number of hydrogen-bond acceptors (Lipinski definition) is 3. The SMILES string of the molecule is S=C(Nc1ccc2c(c1)OCCO2)N[C@H]1C[C@@H]2CC[C@@H]1C2. The molecular weight excluding hydrogens is 284 g/mol. The van der Waals surface area contributed by atoms with Crippen LogP contribution in [0.3, 0.4) is 0 Å². The number of ether oxygens (including phenoxy) is 2. The van der Waals surface area contributed by atoms with E-state index in [-0.39, 0.29) is 0 Å². The molecule has 21 heavy (non-hydrogen) atoms. The molecule has 0 unspecified atom stereocenters. The van der Waals surface area contributed by atoms with Gasteiger partial charge in [-0.1, -0.05) is 6.42 Å². The highest BCUT2D eigenvalue weighted by Crippen LogP contribution is 2.44. The van der Waals surface area contributed by atoms with Crippen molar-refractivity contribution in [1.29, 1.82) is 0 Å². The van der Waals surface area contributed by atoms with E-state index in [0.29, 0.717) is 24.4 Å². The van der Waals surface area contributed by atoms with E-state index in [1.165, 1.54) is 25.7 Å². The van der Waals surface area contributed by atoms with Gasteiger partial charge >= 0.3 is 0 Å². The first-order valence-electron chi connectivity index (χ1n) is 7.75. The zero-order valence-electron chi connectivity index (χ0n) is 11.9. The van der Waals surface area contributed by atoms with Crippen molar-refractivity contribution in [3.63, 3.8) is 0 Å². The van der Waals surface area contributed by atoms with E-state index in [4.69, 9.17) is 21.7 Å². The molecular formula is C16H20N2O2S. The predicted octanol–water partition coefficient (Wildman–Crippen LogP) is 2.93. The van der Waals surface area contributed by atoms with Gasteiger partial charge in [-0.3, -0.25) is 0 Å². The van der Waals surface area contributed by atoms with E-state index < -0.39 is 0 Å². The fourth-order valence-electron chi connectivity index (χ4n) is 3.88. The number of anilines is 1. The Hall–Kier alpha value is -1.49. The number of fused-ring (bicyclic) bond motifs is 3. The van der Waals surface area contributed by atoms with Gasteiger partial charge in [0.05, 0.1) is 0 Å². The van der Waals surface area contributed by atoms with Crippen LogP contribution in [-0.4, -0.2) is 24.4 Å². The van der Waals surface area contributed by atoms with Gasteiger partial charge in [0.1, 0.15) is 13.2 Å². The first-order chi connectivity index (χ1) is 10.3. The normalized spacial score (nSPS) is 29.2. The number of rotatable bonds is 2. The Bertz CT molecular complexity index is 563. The number of benzene rings is 1. The van der Waals surface area contributed by atoms with Crippen LogP contribution in [0.15, 0.2) is 18.2 Å². The molecule has 2 bridgehead atoms. The molecule has 0 amide bonds. The maximum atomic E-state index is 5.59. The molecule has 2 aliphatic carbocycles. The van der Waals surface area contributed by atoms with Crippen molar-refractivity contribution < 1.29 is 9.47 Å². The minimum atomic E-state index is 0.556. The van der Waals surface area contributed by atoms with Gasteiger partial charge in [0, 0.05) is 17.8 Å². The van der Waals surface area contributed by atoms with Gasteiger partial charge < -0.3 is 20.1 Å². The summed E-state index contributed by atoms with van der Waals surface area (Å²) < 4.78 is 11.1. The van der Waals surface area contributed by atoms with Gasteiger partial charge in [0.15, 0.2) is 16.6 Å². The Labute approximate surface area is 130 Å². The lowest BCUT2D eigenvalue weighted by Gasteiger charge is -2.25. The molecule has 0 aromatic heterocycles. The Kier molecular flexibility index (Phi) is 3.37. The molecule has 2 fully saturated rings. The topological polar surface area (TPSA) is 42.5 Å². The lowest BCUT2D eigenvalue weighted by Crippen LogP contribution is -2.40. The van der Waals surface area contributed by atoms with Gasteiger partial charge in [-0.2, -0.15) is 0 Å². The molecule has 2 N–H and O–H groups in total. The molecule has 1 aromatic carbocycles. The number of thiocarbonyl (C=S) groups is 1. The van der Waals surface area contributed by atoms with E-state index in [1.54, 1.807) is 0 Å². The monoisotopic (exact) mass is 304 g/mol. The second kappa shape index (κ2) is 5.37. The lowest BCUT2D eigenvalue weighted by atomic mass is 9.96. The van der Waals surface area contributed by atoms with Crippen LogP contribution in [0.25, 0.3) is 0 Å². The summed E-state index contributed by atoms with van der Waals surface area (Å²) in [6.07, 6.45) is 5.41. The molecule has 3 atom stereocenters. The first-order valence-corrected chi connectivity index (χ1v) is 8.16. The molecule has 4 rings (SSSR count). The number of hydrogen-bond donors (Lipinski definition) is 2. The highest BCUT2D eigenvalue weighted by molar-refractivity contribution is 7.80. The Balaban J connectivity index is 1.38. The Morgan fingerprint density at radius 2 is 1.95 bits per heavy atom. The third-order valence-electron chi connectivity index (χ3n) is 4.85. The Morgan fingerprint density at radius 1 is 1.10 bits per heavy atom. The molecule has 112 valence electrons. The molecule has 1 aliphatic heterocycles. The van der Waals surface area contributed by atoms with Crippen molar-refractivity contribution in [1.82, 2.24) is 5.32 Å². The third kappa shape index (κ3) is 2.67. The standard InChI is InChI=1S/C16H20N2O2S/c21-16(18-13-8-10-1-2-11(13)7-10)17-12-3-4-14-15(9-12)20-6-5-19-14/h3-4,9-11,13H,1-2,5-8H2,(H2,17,18,21)/t10-,11-,13+/m1/s1. The molecule has 3 aliphatic rings. The van der Waals surface area contributed by atoms with E-state index in [2.05, 4.69) is 10.6 Å². The van der Waals surface area contributed by atoms with Crippen LogP contribution in [0.4, 0.5) is 5.69 Å². The van der Waals surface area contributed by atoms with E-state index >= 15 is 0 Å². The van der Waals surface area contributed by atoms with Gasteiger partial charge in [-0.15, -0.1) is 0 Å². The van der Waals surface area contributed by atoms with E-state index in [1.807, 2.05) is 18.2 Å². The summed E-state index contributed by atoms with van der Waals surface area (Å²) in [6, 6.07) is 6.41. The highest BCUT2D eigenvalue weighted by atomic mass is 32.1. The van der Waals surface area contributed by atoms with Crippen LogP contribution >= 0.6 is 12.2 Å². The van der Waals surface area contributed by atoms with Crippen molar-refractivity contribution in [2.24, 2.45) is 11.8 Å². The fraction of sp³-hybridized carbons (Fsp3) is 0.562. The minimum Gasteiger partial charge on any atom is -0.486 e. The van der Waals surface area contributed by atoms with Crippen LogP contribution in [0.2, 0.25) is 0 Å². The zero-order valence-corrected chi connectivity index (χ0v) is 12.7. The lowest BCUT2D eigenvalue weighted by molar-refractivity contribution is 0.171. The van der Waals surface area contributed by atoms with Gasteiger partial charge in [0.25, 0.3) is 0 Å². The fourth-order valence-corrected chi connectivity index (χ4v) is 4.15. The predicted molar refractivity (Wildman–Crippen MR) is 86.0 cm³/mol. The van der Waals surface area contributed by atoms with Gasteiger partial charge in [0.2, 0.25) is 0 Å². The average Bonchev–Trinajstić information content (AvgIpc) is 3.09. The van der Waals surface area contributed by atoms with Crippen molar-refractivity contribution in [2.45, 2.75) is 31.7 Å². The molecule has 1 heterocycles. The maximum Gasteiger partial charge on any atom is 0.171 e. The maximum absolute atomic E-state index is 5.59. The third-order valence-corrected chi connectivity index (χ3v) is 5.07. The van der Waals surface area contributed by atoms with Crippen molar-refractivity contribution in [3.05, 3.63) is 18.2 Å². The molecule has 2 saturated carbocycles. The summed E-state index contributed by atoms with van der Waals surface area (Å²) >= 11 is 5.45. The quantitative estimate of drug-likeness (QED) is 0.822. The summed E-state index contributed by atoms with van der Waals surface area (Å²) in [7, 11) is 0. The average molecular weight is 304 g/mol. The first kappa shape index (κ1) is 13.2. The van der Waals surface area contributed by atoms with Gasteiger partial charge in [-0.25, -0.2) is 0 Å². The van der Waals surface area contributed by atoms with Crippen LogP contribution in [0, 0.1) is 11.8 Å². The minimum absolute atomic E-state index is 0.556. The van der Waals surface area contributed by atoms with E-state index in [9.17, 15) is 0 Å². The van der Waals surface area contributed by atoms with Crippen LogP contribution in [0.1, 0.15) is 25.7 Å². The molecule has 4 nitrogen and oxygen atoms in total. The van der Waals surface area contributed by atoms with Crippen molar-refractivity contribution >= 4 is 23.0 Å². The second-order valence-electron chi connectivity index (χ2n) is 6.24. The Morgan fingerprint density at radius 3 is 2.71 bits per heavy atom. The van der Waals surface area contributed by atoms with Crippen molar-refractivity contribution in [2.75, 3.05) is 18.5 Å². The molecule has 0 radical (unpaired) electrons. The highest BCUT2D eigenvalue weighted by Gasteiger charge is 2.39. The van der Waals surface area contributed by atoms with Crippen LogP contribution in [-0.2, 0) is 0 Å². The summed E-state index contributed by atoms with van der Waals surface area (Å²) in [5.41, 5.74) is 0.944. The summed E-state index contributed by atoms with van der Waals surface area (Å²) in [5, 5.41) is 7.46. The molecule has 5 heteroatoms. The largest absolute Gasteiger partial charge is 0.486 e. The summed E-state index contributed by atoms with van der Waals surface area (Å²) in [4.78, 5) is 0. The molecule has 0 spiro atoms. The van der Waals surface area contributed by atoms with Crippen LogP contribution in [0.5, 0.6) is 11.5 Å². The molecule has 0 saturated heterocycles. The van der Waals surface area contributed by atoms with Crippen LogP contribution < -0.4 is 20.1 Å². The van der Waals surface area contributed by atoms with Crippen molar-refractivity contribution in [3.8, 4) is 11.5 Å². The summed E-state index contributed by atoms with van der Waals surface area (Å²) in [5.74, 6) is 3.33. The van der Waals surface area contributed by atoms with Gasteiger partial charge in [-0.05, 0) is 55.4 Å². The molecule has 1 aromatic rings. The van der Waals surface area contributed by atoms with E-state index in [0.717, 1.165) is 29.0 Å². The zero-order chi connectivity index (χ0) is 14.2.